The molecule has 0 aliphatic carbocycles. The molecule has 6 heteroatoms. The predicted molar refractivity (Wildman–Crippen MR) is 126 cm³/mol. The fourth-order valence-corrected chi connectivity index (χ4v) is 3.39. The van der Waals surface area contributed by atoms with Gasteiger partial charge in [-0.2, -0.15) is 0 Å². The third-order valence-corrected chi connectivity index (χ3v) is 5.25. The number of hydrogen-bond donors (Lipinski definition) is 1. The van der Waals surface area contributed by atoms with Gasteiger partial charge in [-0.1, -0.05) is 57.6 Å². The number of para-hydroxylation sites is 1. The summed E-state index contributed by atoms with van der Waals surface area (Å²) in [5, 5.41) is 10.8. The number of carbonyl (C=O) groups is 1. The summed E-state index contributed by atoms with van der Waals surface area (Å²) in [6, 6.07) is 13.3. The lowest BCUT2D eigenvalue weighted by atomic mass is 10.1. The second-order valence-electron chi connectivity index (χ2n) is 7.71. The number of aromatic hydroxyl groups is 1. The zero-order chi connectivity index (χ0) is 22.8. The summed E-state index contributed by atoms with van der Waals surface area (Å²) >= 11 is 0. The molecule has 0 spiro atoms. The summed E-state index contributed by atoms with van der Waals surface area (Å²) in [4.78, 5) is 28.6. The number of hydrogen-bond acceptors (Lipinski definition) is 6. The summed E-state index contributed by atoms with van der Waals surface area (Å²) in [7, 11) is 0. The molecule has 3 aromatic rings. The van der Waals surface area contributed by atoms with E-state index in [-0.39, 0.29) is 17.3 Å². The highest BCUT2D eigenvalue weighted by molar-refractivity contribution is 5.94. The maximum absolute atomic E-state index is 12.2. The molecule has 0 bridgehead atoms. The summed E-state index contributed by atoms with van der Waals surface area (Å²) in [5.74, 6) is -0.537. The zero-order valence-electron chi connectivity index (χ0n) is 18.4. The molecular weight excluding hydrogens is 406 g/mol. The van der Waals surface area contributed by atoms with Gasteiger partial charge in [0.15, 0.2) is 0 Å². The molecule has 0 radical (unpaired) electrons. The average Bonchev–Trinajstić information content (AvgIpc) is 2.81. The Labute approximate surface area is 187 Å². The molecule has 6 nitrogen and oxygen atoms in total. The van der Waals surface area contributed by atoms with Crippen LogP contribution >= 0.6 is 0 Å². The van der Waals surface area contributed by atoms with Gasteiger partial charge in [0.25, 0.3) is 0 Å². The second-order valence-corrected chi connectivity index (χ2v) is 7.71. The first-order chi connectivity index (χ1) is 15.6. The van der Waals surface area contributed by atoms with E-state index in [1.54, 1.807) is 48.5 Å². The maximum Gasteiger partial charge on any atom is 0.348 e. The van der Waals surface area contributed by atoms with E-state index in [2.05, 4.69) is 11.9 Å². The van der Waals surface area contributed by atoms with Crippen LogP contribution in [0.2, 0.25) is 0 Å². The van der Waals surface area contributed by atoms with Crippen molar-refractivity contribution in [2.75, 3.05) is 6.61 Å². The monoisotopic (exact) mass is 435 g/mol. The number of esters is 1. The van der Waals surface area contributed by atoms with Gasteiger partial charge in [-0.3, -0.25) is 4.99 Å². The Bertz CT molecular complexity index is 1120. The van der Waals surface area contributed by atoms with Crippen molar-refractivity contribution < 1.29 is 19.1 Å². The Kier molecular flexibility index (Phi) is 8.61. The Hall–Kier alpha value is -3.41. The van der Waals surface area contributed by atoms with E-state index in [1.807, 2.05) is 0 Å². The van der Waals surface area contributed by atoms with Crippen molar-refractivity contribution in [1.82, 2.24) is 0 Å². The van der Waals surface area contributed by atoms with E-state index >= 15 is 0 Å². The molecule has 0 saturated heterocycles. The zero-order valence-corrected chi connectivity index (χ0v) is 18.4. The number of carbonyl (C=O) groups excluding carboxylic acids is 1. The van der Waals surface area contributed by atoms with Crippen molar-refractivity contribution in [3.8, 4) is 5.75 Å². The van der Waals surface area contributed by atoms with E-state index in [0.29, 0.717) is 28.8 Å². The van der Waals surface area contributed by atoms with Gasteiger partial charge in [0, 0.05) is 6.21 Å². The van der Waals surface area contributed by atoms with E-state index in [9.17, 15) is 14.7 Å². The lowest BCUT2D eigenvalue weighted by Gasteiger charge is -2.05. The molecule has 0 aliphatic rings. The Morgan fingerprint density at radius 3 is 2.44 bits per heavy atom. The predicted octanol–water partition coefficient (Wildman–Crippen LogP) is 6.16. The smallest absolute Gasteiger partial charge is 0.348 e. The van der Waals surface area contributed by atoms with E-state index in [4.69, 9.17) is 9.15 Å². The van der Waals surface area contributed by atoms with Crippen LogP contribution in [-0.2, 0) is 4.74 Å². The molecule has 32 heavy (non-hydrogen) atoms. The van der Waals surface area contributed by atoms with Crippen molar-refractivity contribution in [1.29, 1.82) is 0 Å². The van der Waals surface area contributed by atoms with E-state index < -0.39 is 5.63 Å². The van der Waals surface area contributed by atoms with Crippen LogP contribution in [0.3, 0.4) is 0 Å². The minimum atomic E-state index is -0.671. The average molecular weight is 436 g/mol. The fourth-order valence-electron chi connectivity index (χ4n) is 3.39. The number of fused-ring (bicyclic) bond motifs is 1. The van der Waals surface area contributed by atoms with E-state index in [1.165, 1.54) is 38.3 Å². The minimum Gasteiger partial charge on any atom is -0.506 e. The van der Waals surface area contributed by atoms with Gasteiger partial charge in [0.2, 0.25) is 0 Å². The van der Waals surface area contributed by atoms with Crippen LogP contribution < -0.4 is 5.63 Å². The summed E-state index contributed by atoms with van der Waals surface area (Å²) in [6.45, 7) is 2.62. The maximum atomic E-state index is 12.2. The Morgan fingerprint density at radius 1 is 1.00 bits per heavy atom. The molecule has 0 unspecified atom stereocenters. The summed E-state index contributed by atoms with van der Waals surface area (Å²) in [6.07, 6.45) is 9.42. The van der Waals surface area contributed by atoms with Gasteiger partial charge in [0.1, 0.15) is 16.9 Å². The molecule has 1 heterocycles. The highest BCUT2D eigenvalue weighted by Crippen LogP contribution is 2.25. The first kappa shape index (κ1) is 23.3. The number of nitrogens with zero attached hydrogens (tertiary/aromatic N) is 1. The van der Waals surface area contributed by atoms with Crippen LogP contribution in [0.1, 0.15) is 67.8 Å². The lowest BCUT2D eigenvalue weighted by Crippen LogP contribution is -2.07. The van der Waals surface area contributed by atoms with Crippen molar-refractivity contribution >= 4 is 28.8 Å². The van der Waals surface area contributed by atoms with Crippen LogP contribution in [0.5, 0.6) is 5.75 Å². The number of aliphatic imine (C=N–C) groups is 1. The molecule has 0 fully saturated rings. The van der Waals surface area contributed by atoms with Crippen LogP contribution in [0.25, 0.3) is 11.0 Å². The first-order valence-corrected chi connectivity index (χ1v) is 11.2. The molecule has 2 aromatic carbocycles. The van der Waals surface area contributed by atoms with Gasteiger partial charge in [-0.25, -0.2) is 9.59 Å². The van der Waals surface area contributed by atoms with Crippen molar-refractivity contribution in [3.05, 3.63) is 70.1 Å². The highest BCUT2D eigenvalue weighted by atomic mass is 16.5. The quantitative estimate of drug-likeness (QED) is 0.169. The van der Waals surface area contributed by atoms with Crippen LogP contribution in [0.4, 0.5) is 5.69 Å². The molecule has 1 N–H and O–H groups in total. The fraction of sp³-hybridized carbons (Fsp3) is 0.346. The van der Waals surface area contributed by atoms with Crippen molar-refractivity contribution in [2.24, 2.45) is 4.99 Å². The third-order valence-electron chi connectivity index (χ3n) is 5.25. The first-order valence-electron chi connectivity index (χ1n) is 11.2. The van der Waals surface area contributed by atoms with Crippen LogP contribution in [0, 0.1) is 0 Å². The molecule has 0 atom stereocenters. The normalized spacial score (nSPS) is 11.3. The number of benzene rings is 2. The molecule has 1 aromatic heterocycles. The minimum absolute atomic E-state index is 0.0260. The molecule has 0 aliphatic heterocycles. The largest absolute Gasteiger partial charge is 0.506 e. The lowest BCUT2D eigenvalue weighted by molar-refractivity contribution is 0.0497. The van der Waals surface area contributed by atoms with Crippen molar-refractivity contribution in [3.63, 3.8) is 0 Å². The van der Waals surface area contributed by atoms with Crippen LogP contribution in [0.15, 0.2) is 62.7 Å². The Balaban J connectivity index is 1.54. The Morgan fingerprint density at radius 2 is 1.69 bits per heavy atom. The van der Waals surface area contributed by atoms with Gasteiger partial charge in [-0.05, 0) is 42.8 Å². The molecular formula is C26H29NO5. The van der Waals surface area contributed by atoms with Gasteiger partial charge < -0.3 is 14.3 Å². The van der Waals surface area contributed by atoms with E-state index in [0.717, 1.165) is 12.8 Å². The molecule has 0 amide bonds. The highest BCUT2D eigenvalue weighted by Gasteiger charge is 2.12. The summed E-state index contributed by atoms with van der Waals surface area (Å²) < 4.78 is 10.6. The topological polar surface area (TPSA) is 89.1 Å². The summed E-state index contributed by atoms with van der Waals surface area (Å²) in [5.41, 5.74) is 0.587. The van der Waals surface area contributed by atoms with Gasteiger partial charge in [0.05, 0.1) is 23.2 Å². The van der Waals surface area contributed by atoms with Crippen molar-refractivity contribution in [2.45, 2.75) is 51.9 Å². The second kappa shape index (κ2) is 11.8. The number of rotatable bonds is 11. The number of unbranched alkanes of at least 4 members (excludes halogenated alkanes) is 6. The van der Waals surface area contributed by atoms with Gasteiger partial charge >= 0.3 is 11.6 Å². The van der Waals surface area contributed by atoms with Crippen LogP contribution in [-0.4, -0.2) is 23.9 Å². The standard InChI is InChI=1S/C26H29NO5/c1-2-3-4-5-6-7-10-17-31-25(29)19-13-15-20(16-14-19)27-18-22-24(28)21-11-8-9-12-23(21)32-26(22)30/h8-9,11-16,18,28H,2-7,10,17H2,1H3. The molecule has 0 saturated carbocycles. The third kappa shape index (κ3) is 6.30. The van der Waals surface area contributed by atoms with Gasteiger partial charge in [-0.15, -0.1) is 0 Å². The number of ether oxygens (including phenoxy) is 1. The molecule has 3 rings (SSSR count). The SMILES string of the molecule is CCCCCCCCCOC(=O)c1ccc(N=Cc2c(O)c3ccccc3oc2=O)cc1. The molecule has 168 valence electrons.